The highest BCUT2D eigenvalue weighted by atomic mass is 32.2. The van der Waals surface area contributed by atoms with E-state index in [-0.39, 0.29) is 17.4 Å². The molecule has 0 radical (unpaired) electrons. The number of benzene rings is 6. The molecule has 8 aromatic rings. The van der Waals surface area contributed by atoms with Gasteiger partial charge in [-0.2, -0.15) is 0 Å². The van der Waals surface area contributed by atoms with E-state index in [1.54, 1.807) is 0 Å². The van der Waals surface area contributed by atoms with Crippen LogP contribution in [0.4, 0.5) is 0 Å². The number of nitrogens with zero attached hydrogens (tertiary/aromatic N) is 5. The topological polar surface area (TPSA) is 73.7 Å². The Morgan fingerprint density at radius 2 is 1.14 bits per heavy atom. The normalized spacial score (nSPS) is 17.0. The first kappa shape index (κ1) is 35.5. The van der Waals surface area contributed by atoms with Gasteiger partial charge in [-0.15, -0.1) is 0 Å². The van der Waals surface area contributed by atoms with Gasteiger partial charge < -0.3 is 4.74 Å². The number of fused-ring (bicyclic) bond motifs is 5. The molecule has 2 aromatic heterocycles. The van der Waals surface area contributed by atoms with Crippen molar-refractivity contribution in [1.29, 1.82) is 0 Å². The van der Waals surface area contributed by atoms with Gasteiger partial charge in [0, 0.05) is 54.5 Å². The summed E-state index contributed by atoms with van der Waals surface area (Å²) in [5.74, 6) is 3.56. The van der Waals surface area contributed by atoms with Gasteiger partial charge in [0.05, 0.1) is 17.0 Å². The maximum absolute atomic E-state index is 6.65. The second-order valence-corrected chi connectivity index (χ2v) is 17.0. The van der Waals surface area contributed by atoms with Crippen LogP contribution in [0.15, 0.2) is 174 Å². The molecule has 0 bridgehead atoms. The van der Waals surface area contributed by atoms with Crippen LogP contribution in [0, 0.1) is 0 Å². The Morgan fingerprint density at radius 3 is 1.92 bits per heavy atom. The molecule has 1 aliphatic carbocycles. The van der Waals surface area contributed by atoms with Gasteiger partial charge in [0.15, 0.2) is 23.3 Å². The third-order valence-electron chi connectivity index (χ3n) is 11.8. The van der Waals surface area contributed by atoms with E-state index in [4.69, 9.17) is 29.7 Å². The van der Waals surface area contributed by atoms with E-state index in [0.717, 1.165) is 63.4 Å². The predicted octanol–water partition coefficient (Wildman–Crippen LogP) is 12.6. The van der Waals surface area contributed by atoms with Gasteiger partial charge in [-0.3, -0.25) is 0 Å². The lowest BCUT2D eigenvalue weighted by molar-refractivity contribution is 0.205. The lowest BCUT2D eigenvalue weighted by Crippen LogP contribution is -2.23. The highest BCUT2D eigenvalue weighted by Crippen LogP contribution is 2.50. The van der Waals surface area contributed by atoms with Crippen molar-refractivity contribution in [3.05, 3.63) is 181 Å². The van der Waals surface area contributed by atoms with E-state index in [1.807, 2.05) is 60.3 Å². The second kappa shape index (κ2) is 14.3. The maximum atomic E-state index is 6.65. The molecule has 59 heavy (non-hydrogen) atoms. The molecule has 3 aliphatic rings. The Labute approximate surface area is 348 Å². The fourth-order valence-electron chi connectivity index (χ4n) is 8.76. The van der Waals surface area contributed by atoms with Crippen LogP contribution in [0.2, 0.25) is 0 Å². The van der Waals surface area contributed by atoms with Gasteiger partial charge in [-0.1, -0.05) is 159 Å². The fourth-order valence-corrected chi connectivity index (χ4v) is 10.2. The predicted molar refractivity (Wildman–Crippen MR) is 236 cm³/mol. The first-order chi connectivity index (χ1) is 29.0. The van der Waals surface area contributed by atoms with Gasteiger partial charge in [0.1, 0.15) is 11.9 Å². The highest BCUT2D eigenvalue weighted by molar-refractivity contribution is 7.99. The standard InChI is InChI=1S/C52H39N5OS/c1-52(2)40-24-10-12-26-45(40)59-46-30-35(27-28-41(46)52)43-31-42(53-48(54-43)32-15-5-3-6-16-32)34-19-13-20-36(29-34)50-55-49(33-17-7-4-8-18-33)56-51(57-50)39-23-14-22-38-37-21-9-11-25-44(37)58-47(38)39/h3-10,12-24,26-31,37,44H,11,25H2,1-2H3. The van der Waals surface area contributed by atoms with Crippen molar-refractivity contribution >= 4 is 11.8 Å². The van der Waals surface area contributed by atoms with Crippen molar-refractivity contribution in [2.24, 2.45) is 0 Å². The molecular formula is C52H39N5OS. The molecule has 4 heterocycles. The van der Waals surface area contributed by atoms with Crippen LogP contribution >= 0.6 is 11.8 Å². The molecule has 6 aromatic carbocycles. The van der Waals surface area contributed by atoms with Crippen LogP contribution in [-0.4, -0.2) is 31.0 Å². The van der Waals surface area contributed by atoms with Gasteiger partial charge in [-0.05, 0) is 54.3 Å². The highest BCUT2D eigenvalue weighted by Gasteiger charge is 2.36. The SMILES string of the molecule is CC1(C)c2ccccc2Sc2cc(-c3cc(-c4cccc(-c5nc(-c6ccccc6)nc(-c6cccc7c6OC6CCC=CC76)n5)c4)nc(-c4ccccc4)n3)ccc21. The summed E-state index contributed by atoms with van der Waals surface area (Å²) in [6.45, 7) is 4.63. The van der Waals surface area contributed by atoms with Crippen LogP contribution in [-0.2, 0) is 5.41 Å². The van der Waals surface area contributed by atoms with Crippen LogP contribution < -0.4 is 4.74 Å². The minimum Gasteiger partial charge on any atom is -0.488 e. The summed E-state index contributed by atoms with van der Waals surface area (Å²) in [6, 6.07) is 52.6. The number of hydrogen-bond donors (Lipinski definition) is 0. The first-order valence-electron chi connectivity index (χ1n) is 20.2. The zero-order valence-electron chi connectivity index (χ0n) is 32.7. The van der Waals surface area contributed by atoms with Crippen molar-refractivity contribution in [3.63, 3.8) is 0 Å². The Balaban J connectivity index is 1.03. The van der Waals surface area contributed by atoms with Crippen LogP contribution in [0.1, 0.15) is 49.3 Å². The lowest BCUT2D eigenvalue weighted by Gasteiger charge is -2.34. The Bertz CT molecular complexity index is 2950. The molecular weight excluding hydrogens is 743 g/mol. The van der Waals surface area contributed by atoms with Gasteiger partial charge in [-0.25, -0.2) is 24.9 Å². The monoisotopic (exact) mass is 781 g/mol. The maximum Gasteiger partial charge on any atom is 0.167 e. The Hall–Kier alpha value is -6.70. The summed E-state index contributed by atoms with van der Waals surface area (Å²) in [4.78, 5) is 28.3. The molecule has 0 fully saturated rings. The zero-order chi connectivity index (χ0) is 39.5. The average molecular weight is 782 g/mol. The van der Waals surface area contributed by atoms with Crippen molar-refractivity contribution in [2.75, 3.05) is 0 Å². The van der Waals surface area contributed by atoms with Crippen molar-refractivity contribution in [1.82, 2.24) is 24.9 Å². The number of ether oxygens (including phenoxy) is 1. The molecule has 0 spiro atoms. The molecule has 0 saturated heterocycles. The Kier molecular flexibility index (Phi) is 8.59. The van der Waals surface area contributed by atoms with Gasteiger partial charge >= 0.3 is 0 Å². The molecule has 6 nitrogen and oxygen atoms in total. The van der Waals surface area contributed by atoms with E-state index in [9.17, 15) is 0 Å². The van der Waals surface area contributed by atoms with E-state index in [1.165, 1.54) is 26.5 Å². The molecule has 0 saturated carbocycles. The summed E-state index contributed by atoms with van der Waals surface area (Å²) < 4.78 is 6.65. The number of para-hydroxylation sites is 1. The first-order valence-corrected chi connectivity index (χ1v) is 21.0. The smallest absolute Gasteiger partial charge is 0.167 e. The van der Waals surface area contributed by atoms with Crippen molar-refractivity contribution < 1.29 is 4.74 Å². The van der Waals surface area contributed by atoms with Gasteiger partial charge in [0.25, 0.3) is 0 Å². The third kappa shape index (κ3) is 6.33. The zero-order valence-corrected chi connectivity index (χ0v) is 33.5. The lowest BCUT2D eigenvalue weighted by atomic mass is 9.77. The molecule has 11 rings (SSSR count). The molecule has 2 atom stereocenters. The van der Waals surface area contributed by atoms with E-state index >= 15 is 0 Å². The van der Waals surface area contributed by atoms with Crippen LogP contribution in [0.5, 0.6) is 5.75 Å². The number of aromatic nitrogens is 5. The van der Waals surface area contributed by atoms with Crippen LogP contribution in [0.3, 0.4) is 0 Å². The van der Waals surface area contributed by atoms with Gasteiger partial charge in [0.2, 0.25) is 0 Å². The summed E-state index contributed by atoms with van der Waals surface area (Å²) >= 11 is 1.83. The second-order valence-electron chi connectivity index (χ2n) is 15.9. The molecule has 2 unspecified atom stereocenters. The molecule has 2 aliphatic heterocycles. The molecule has 7 heteroatoms. The molecule has 0 amide bonds. The molecule has 284 valence electrons. The Morgan fingerprint density at radius 1 is 0.525 bits per heavy atom. The summed E-state index contributed by atoms with van der Waals surface area (Å²) in [5, 5.41) is 0. The van der Waals surface area contributed by atoms with Crippen LogP contribution in [0.25, 0.3) is 68.1 Å². The number of hydrogen-bond acceptors (Lipinski definition) is 7. The fraction of sp³-hybridized carbons (Fsp3) is 0.135. The van der Waals surface area contributed by atoms with Crippen molar-refractivity contribution in [2.45, 2.75) is 53.9 Å². The summed E-state index contributed by atoms with van der Waals surface area (Å²) in [5.41, 5.74) is 11.0. The minimum absolute atomic E-state index is 0.110. The summed E-state index contributed by atoms with van der Waals surface area (Å²) in [6.07, 6.45) is 6.70. The number of allylic oxidation sites excluding steroid dienone is 1. The van der Waals surface area contributed by atoms with Crippen molar-refractivity contribution in [3.8, 4) is 73.8 Å². The largest absolute Gasteiger partial charge is 0.488 e. The molecule has 0 N–H and O–H groups in total. The minimum atomic E-state index is -0.110. The van der Waals surface area contributed by atoms with E-state index < -0.39 is 0 Å². The van der Waals surface area contributed by atoms with E-state index in [2.05, 4.69) is 129 Å². The number of rotatable bonds is 6. The average Bonchev–Trinajstić information content (AvgIpc) is 3.68. The summed E-state index contributed by atoms with van der Waals surface area (Å²) in [7, 11) is 0. The quantitative estimate of drug-likeness (QED) is 0.156. The third-order valence-corrected chi connectivity index (χ3v) is 13.0. The van der Waals surface area contributed by atoms with E-state index in [0.29, 0.717) is 23.3 Å².